The molecule has 1 fully saturated rings. The molecule has 0 aliphatic carbocycles. The van der Waals surface area contributed by atoms with Crippen molar-refractivity contribution in [2.75, 3.05) is 6.54 Å². The maximum atomic E-state index is 13.1. The molecule has 0 amide bonds. The third kappa shape index (κ3) is 1.99. The number of carbonyl (C=O) groups is 1. The molecule has 1 aromatic rings. The first-order valence-corrected chi connectivity index (χ1v) is 4.94. The number of carboxylic acids is 1. The van der Waals surface area contributed by atoms with Crippen LogP contribution in [-0.2, 0) is 0 Å². The minimum absolute atomic E-state index is 0.170. The van der Waals surface area contributed by atoms with E-state index in [-0.39, 0.29) is 11.6 Å². The zero-order chi connectivity index (χ0) is 10.8. The van der Waals surface area contributed by atoms with Crippen molar-refractivity contribution in [1.82, 2.24) is 5.32 Å². The second-order valence-electron chi connectivity index (χ2n) is 3.69. The summed E-state index contributed by atoms with van der Waals surface area (Å²) < 4.78 is 13.1. The molecule has 0 saturated carbocycles. The number of aromatic carboxylic acids is 1. The summed E-state index contributed by atoms with van der Waals surface area (Å²) in [5.74, 6) is -1.89. The Morgan fingerprint density at radius 3 is 2.93 bits per heavy atom. The summed E-state index contributed by atoms with van der Waals surface area (Å²) in [6, 6.07) is 4.45. The van der Waals surface area contributed by atoms with Crippen LogP contribution in [-0.4, -0.2) is 17.6 Å². The lowest BCUT2D eigenvalue weighted by atomic mass is 10.0. The molecule has 1 aliphatic heterocycles. The van der Waals surface area contributed by atoms with Gasteiger partial charge in [0.2, 0.25) is 0 Å². The van der Waals surface area contributed by atoms with Gasteiger partial charge < -0.3 is 10.4 Å². The average molecular weight is 209 g/mol. The van der Waals surface area contributed by atoms with E-state index >= 15 is 0 Å². The average Bonchev–Trinajstić information content (AvgIpc) is 2.71. The zero-order valence-corrected chi connectivity index (χ0v) is 8.16. The standard InChI is InChI=1S/C11H12FNO2/c12-9-4-3-7(6-8(9)11(14)15)10-2-1-5-13-10/h3-4,6,10,13H,1-2,5H2,(H,14,15)/t10-/m0/s1. The predicted molar refractivity (Wildman–Crippen MR) is 53.3 cm³/mol. The van der Waals surface area contributed by atoms with Crippen molar-refractivity contribution >= 4 is 5.97 Å². The van der Waals surface area contributed by atoms with Crippen molar-refractivity contribution in [2.45, 2.75) is 18.9 Å². The number of hydrogen-bond acceptors (Lipinski definition) is 2. The maximum Gasteiger partial charge on any atom is 0.338 e. The third-order valence-electron chi connectivity index (χ3n) is 2.68. The van der Waals surface area contributed by atoms with Crippen molar-refractivity contribution in [3.63, 3.8) is 0 Å². The van der Waals surface area contributed by atoms with E-state index in [1.807, 2.05) is 0 Å². The summed E-state index contributed by atoms with van der Waals surface area (Å²) in [4.78, 5) is 10.7. The summed E-state index contributed by atoms with van der Waals surface area (Å²) >= 11 is 0. The smallest absolute Gasteiger partial charge is 0.338 e. The van der Waals surface area contributed by atoms with Crippen LogP contribution in [0.1, 0.15) is 34.8 Å². The van der Waals surface area contributed by atoms with Gasteiger partial charge in [0.1, 0.15) is 5.82 Å². The van der Waals surface area contributed by atoms with Crippen LogP contribution in [0.3, 0.4) is 0 Å². The Labute approximate surface area is 86.9 Å². The van der Waals surface area contributed by atoms with Gasteiger partial charge in [-0.05, 0) is 37.1 Å². The van der Waals surface area contributed by atoms with Crippen LogP contribution in [0, 0.1) is 5.82 Å². The van der Waals surface area contributed by atoms with Gasteiger partial charge >= 0.3 is 5.97 Å². The van der Waals surface area contributed by atoms with Crippen LogP contribution in [0.2, 0.25) is 0 Å². The molecule has 80 valence electrons. The first kappa shape index (κ1) is 10.1. The topological polar surface area (TPSA) is 49.3 Å². The van der Waals surface area contributed by atoms with Gasteiger partial charge in [-0.25, -0.2) is 9.18 Å². The quantitative estimate of drug-likeness (QED) is 0.782. The molecule has 0 radical (unpaired) electrons. The minimum Gasteiger partial charge on any atom is -0.478 e. The molecule has 1 heterocycles. The second kappa shape index (κ2) is 3.98. The first-order chi connectivity index (χ1) is 7.18. The third-order valence-corrected chi connectivity index (χ3v) is 2.68. The number of benzene rings is 1. The highest BCUT2D eigenvalue weighted by Gasteiger charge is 2.19. The van der Waals surface area contributed by atoms with Crippen molar-refractivity contribution in [3.8, 4) is 0 Å². The lowest BCUT2D eigenvalue weighted by molar-refractivity contribution is 0.0691. The van der Waals surface area contributed by atoms with E-state index in [4.69, 9.17) is 5.11 Å². The van der Waals surface area contributed by atoms with Crippen molar-refractivity contribution in [2.24, 2.45) is 0 Å². The van der Waals surface area contributed by atoms with Gasteiger partial charge in [-0.1, -0.05) is 6.07 Å². The van der Waals surface area contributed by atoms with Gasteiger partial charge in [-0.2, -0.15) is 0 Å². The number of rotatable bonds is 2. The van der Waals surface area contributed by atoms with Gasteiger partial charge in [0.05, 0.1) is 5.56 Å². The Hall–Kier alpha value is -1.42. The molecular formula is C11H12FNO2. The maximum absolute atomic E-state index is 13.1. The van der Waals surface area contributed by atoms with Crippen LogP contribution in [0.5, 0.6) is 0 Å². The Morgan fingerprint density at radius 2 is 2.33 bits per heavy atom. The molecule has 0 spiro atoms. The fourth-order valence-corrected chi connectivity index (χ4v) is 1.89. The van der Waals surface area contributed by atoms with E-state index < -0.39 is 11.8 Å². The predicted octanol–water partition coefficient (Wildman–Crippen LogP) is 1.95. The molecule has 2 rings (SSSR count). The monoisotopic (exact) mass is 209 g/mol. The molecule has 15 heavy (non-hydrogen) atoms. The van der Waals surface area contributed by atoms with E-state index in [1.165, 1.54) is 12.1 Å². The Morgan fingerprint density at radius 1 is 1.53 bits per heavy atom. The Balaban J connectivity index is 2.33. The highest BCUT2D eigenvalue weighted by atomic mass is 19.1. The van der Waals surface area contributed by atoms with Crippen LogP contribution in [0.15, 0.2) is 18.2 Å². The molecule has 0 bridgehead atoms. The molecule has 0 unspecified atom stereocenters. The number of hydrogen-bond donors (Lipinski definition) is 2. The lowest BCUT2D eigenvalue weighted by Crippen LogP contribution is -2.14. The number of halogens is 1. The van der Waals surface area contributed by atoms with Gasteiger partial charge in [-0.15, -0.1) is 0 Å². The van der Waals surface area contributed by atoms with Gasteiger partial charge in [0, 0.05) is 6.04 Å². The fourth-order valence-electron chi connectivity index (χ4n) is 1.89. The van der Waals surface area contributed by atoms with E-state index in [9.17, 15) is 9.18 Å². The van der Waals surface area contributed by atoms with Crippen LogP contribution in [0.4, 0.5) is 4.39 Å². The Bertz CT molecular complexity index is 386. The largest absolute Gasteiger partial charge is 0.478 e. The normalized spacial score (nSPS) is 20.5. The summed E-state index contributed by atoms with van der Waals surface area (Å²) in [6.07, 6.45) is 2.05. The molecular weight excluding hydrogens is 197 g/mol. The van der Waals surface area contributed by atoms with Crippen molar-refractivity contribution in [1.29, 1.82) is 0 Å². The van der Waals surface area contributed by atoms with Crippen molar-refractivity contribution < 1.29 is 14.3 Å². The fraction of sp³-hybridized carbons (Fsp3) is 0.364. The summed E-state index contributed by atoms with van der Waals surface area (Å²) in [5, 5.41) is 12.0. The SMILES string of the molecule is O=C(O)c1cc([C@@H]2CCCN2)ccc1F. The number of carboxylic acid groups (broad SMARTS) is 1. The molecule has 2 N–H and O–H groups in total. The zero-order valence-electron chi connectivity index (χ0n) is 8.16. The number of nitrogens with one attached hydrogen (secondary N) is 1. The second-order valence-corrected chi connectivity index (χ2v) is 3.69. The van der Waals surface area contributed by atoms with Crippen LogP contribution in [0.25, 0.3) is 0 Å². The first-order valence-electron chi connectivity index (χ1n) is 4.94. The highest BCUT2D eigenvalue weighted by Crippen LogP contribution is 2.24. The van der Waals surface area contributed by atoms with E-state index in [0.29, 0.717) is 0 Å². The molecule has 1 atom stereocenters. The van der Waals surface area contributed by atoms with Crippen LogP contribution >= 0.6 is 0 Å². The van der Waals surface area contributed by atoms with E-state index in [1.54, 1.807) is 6.07 Å². The van der Waals surface area contributed by atoms with Gasteiger partial charge in [-0.3, -0.25) is 0 Å². The van der Waals surface area contributed by atoms with E-state index in [0.717, 1.165) is 24.9 Å². The van der Waals surface area contributed by atoms with Gasteiger partial charge in [0.15, 0.2) is 0 Å². The van der Waals surface area contributed by atoms with E-state index in [2.05, 4.69) is 5.32 Å². The molecule has 4 heteroatoms. The summed E-state index contributed by atoms with van der Waals surface area (Å²) in [6.45, 7) is 0.935. The highest BCUT2D eigenvalue weighted by molar-refractivity contribution is 5.88. The molecule has 1 saturated heterocycles. The molecule has 0 aromatic heterocycles. The van der Waals surface area contributed by atoms with Crippen LogP contribution < -0.4 is 5.32 Å². The van der Waals surface area contributed by atoms with Gasteiger partial charge in [0.25, 0.3) is 0 Å². The molecule has 3 nitrogen and oxygen atoms in total. The summed E-state index contributed by atoms with van der Waals surface area (Å²) in [7, 11) is 0. The van der Waals surface area contributed by atoms with Crippen molar-refractivity contribution in [3.05, 3.63) is 35.1 Å². The summed E-state index contributed by atoms with van der Waals surface area (Å²) in [5.41, 5.74) is 0.604. The molecule has 1 aromatic carbocycles. The minimum atomic E-state index is -1.22. The molecule has 1 aliphatic rings. The lowest BCUT2D eigenvalue weighted by Gasteiger charge is -2.11. The Kier molecular flexibility index (Phi) is 2.68.